The second-order valence-corrected chi connectivity index (χ2v) is 7.60. The lowest BCUT2D eigenvalue weighted by atomic mass is 9.64. The van der Waals surface area contributed by atoms with Gasteiger partial charge in [-0.3, -0.25) is 0 Å². The van der Waals surface area contributed by atoms with Crippen LogP contribution in [0.25, 0.3) is 0 Å². The molecule has 0 radical (unpaired) electrons. The zero-order chi connectivity index (χ0) is 15.5. The first-order chi connectivity index (χ1) is 9.91. The van der Waals surface area contributed by atoms with Gasteiger partial charge in [-0.2, -0.15) is 0 Å². The first kappa shape index (κ1) is 16.5. The molecule has 2 heteroatoms. The zero-order valence-electron chi connectivity index (χ0n) is 14.0. The first-order valence-corrected chi connectivity index (χ1v) is 8.38. The highest BCUT2D eigenvalue weighted by molar-refractivity contribution is 5.22. The van der Waals surface area contributed by atoms with E-state index in [9.17, 15) is 4.39 Å². The Morgan fingerprint density at radius 1 is 1.14 bits per heavy atom. The van der Waals surface area contributed by atoms with Crippen molar-refractivity contribution < 1.29 is 4.39 Å². The van der Waals surface area contributed by atoms with Crippen LogP contribution in [0.3, 0.4) is 0 Å². The van der Waals surface area contributed by atoms with Crippen molar-refractivity contribution in [2.75, 3.05) is 13.1 Å². The van der Waals surface area contributed by atoms with E-state index in [1.807, 2.05) is 12.1 Å². The van der Waals surface area contributed by atoms with Crippen molar-refractivity contribution in [3.63, 3.8) is 0 Å². The number of nitrogens with one attached hydrogen (secondary N) is 1. The van der Waals surface area contributed by atoms with Gasteiger partial charge >= 0.3 is 0 Å². The summed E-state index contributed by atoms with van der Waals surface area (Å²) < 4.78 is 13.2. The Hall–Kier alpha value is -0.890. The maximum absolute atomic E-state index is 13.2. The number of hydrogen-bond acceptors (Lipinski definition) is 1. The van der Waals surface area contributed by atoms with Crippen LogP contribution in [0.5, 0.6) is 0 Å². The molecule has 0 aliphatic heterocycles. The highest BCUT2D eigenvalue weighted by Gasteiger charge is 2.36. The fourth-order valence-electron chi connectivity index (χ4n) is 3.71. The summed E-state index contributed by atoms with van der Waals surface area (Å²) in [6.07, 6.45) is 3.82. The van der Waals surface area contributed by atoms with E-state index in [2.05, 4.69) is 33.0 Å². The summed E-state index contributed by atoms with van der Waals surface area (Å²) in [5.74, 6) is 1.85. The van der Waals surface area contributed by atoms with E-state index < -0.39 is 0 Å². The van der Waals surface area contributed by atoms with Gasteiger partial charge in [-0.25, -0.2) is 4.39 Å². The SMILES string of the molecule is CCNCC1CCC(C(C)(C)C)CC1c1ccc(F)cc1. The molecule has 118 valence electrons. The number of rotatable bonds is 4. The third-order valence-electron chi connectivity index (χ3n) is 5.17. The molecule has 3 atom stereocenters. The Morgan fingerprint density at radius 2 is 1.81 bits per heavy atom. The Kier molecular flexibility index (Phi) is 5.43. The van der Waals surface area contributed by atoms with Gasteiger partial charge in [-0.1, -0.05) is 39.8 Å². The predicted molar refractivity (Wildman–Crippen MR) is 88.0 cm³/mol. The van der Waals surface area contributed by atoms with Crippen LogP contribution >= 0.6 is 0 Å². The summed E-state index contributed by atoms with van der Waals surface area (Å²) in [4.78, 5) is 0. The van der Waals surface area contributed by atoms with Gasteiger partial charge in [0.25, 0.3) is 0 Å². The molecule has 1 N–H and O–H groups in total. The van der Waals surface area contributed by atoms with Gasteiger partial charge in [-0.15, -0.1) is 0 Å². The zero-order valence-corrected chi connectivity index (χ0v) is 14.0. The molecule has 1 nitrogen and oxygen atoms in total. The second kappa shape index (κ2) is 6.91. The van der Waals surface area contributed by atoms with E-state index in [1.54, 1.807) is 12.1 Å². The van der Waals surface area contributed by atoms with Gasteiger partial charge in [0.2, 0.25) is 0 Å². The van der Waals surface area contributed by atoms with E-state index in [-0.39, 0.29) is 5.82 Å². The van der Waals surface area contributed by atoms with Crippen LogP contribution in [0.2, 0.25) is 0 Å². The third-order valence-corrected chi connectivity index (χ3v) is 5.17. The summed E-state index contributed by atoms with van der Waals surface area (Å²) in [6.45, 7) is 11.3. The largest absolute Gasteiger partial charge is 0.317 e. The molecule has 0 spiro atoms. The summed E-state index contributed by atoms with van der Waals surface area (Å²) in [5.41, 5.74) is 1.68. The molecule has 1 aromatic carbocycles. The minimum Gasteiger partial charge on any atom is -0.317 e. The normalized spacial score (nSPS) is 26.8. The fourth-order valence-corrected chi connectivity index (χ4v) is 3.71. The molecule has 0 saturated heterocycles. The first-order valence-electron chi connectivity index (χ1n) is 8.38. The van der Waals surface area contributed by atoms with Crippen LogP contribution in [0.1, 0.15) is 58.4 Å². The molecule has 1 aliphatic carbocycles. The molecule has 0 aromatic heterocycles. The Morgan fingerprint density at radius 3 is 2.38 bits per heavy atom. The Labute approximate surface area is 129 Å². The lowest BCUT2D eigenvalue weighted by Crippen LogP contribution is -2.35. The highest BCUT2D eigenvalue weighted by Crippen LogP contribution is 2.46. The lowest BCUT2D eigenvalue weighted by molar-refractivity contribution is 0.129. The van der Waals surface area contributed by atoms with E-state index in [0.29, 0.717) is 17.3 Å². The molecule has 3 unspecified atom stereocenters. The van der Waals surface area contributed by atoms with E-state index in [4.69, 9.17) is 0 Å². The maximum Gasteiger partial charge on any atom is 0.123 e. The fraction of sp³-hybridized carbons (Fsp3) is 0.684. The van der Waals surface area contributed by atoms with E-state index >= 15 is 0 Å². The van der Waals surface area contributed by atoms with Crippen molar-refractivity contribution in [1.82, 2.24) is 5.32 Å². The van der Waals surface area contributed by atoms with Gasteiger partial charge in [0.15, 0.2) is 0 Å². The van der Waals surface area contributed by atoms with Crippen molar-refractivity contribution in [1.29, 1.82) is 0 Å². The highest BCUT2D eigenvalue weighted by atomic mass is 19.1. The van der Waals surface area contributed by atoms with Crippen LogP contribution < -0.4 is 5.32 Å². The summed E-state index contributed by atoms with van der Waals surface area (Å²) in [5, 5.41) is 3.51. The van der Waals surface area contributed by atoms with Crippen molar-refractivity contribution in [2.24, 2.45) is 17.3 Å². The molecule has 1 aliphatic rings. The Bertz CT molecular complexity index is 432. The molecule has 21 heavy (non-hydrogen) atoms. The van der Waals surface area contributed by atoms with Crippen LogP contribution in [-0.4, -0.2) is 13.1 Å². The van der Waals surface area contributed by atoms with Gasteiger partial charge in [-0.05, 0) is 73.2 Å². The second-order valence-electron chi connectivity index (χ2n) is 7.60. The Balaban J connectivity index is 2.18. The molecule has 0 bridgehead atoms. The molecule has 0 amide bonds. The minimum absolute atomic E-state index is 0.134. The summed E-state index contributed by atoms with van der Waals surface area (Å²) >= 11 is 0. The van der Waals surface area contributed by atoms with Gasteiger partial charge in [0.05, 0.1) is 0 Å². The van der Waals surface area contributed by atoms with Crippen molar-refractivity contribution in [2.45, 2.75) is 52.9 Å². The number of benzene rings is 1. The summed E-state index contributed by atoms with van der Waals surface area (Å²) in [6, 6.07) is 7.20. The van der Waals surface area contributed by atoms with Crippen LogP contribution in [-0.2, 0) is 0 Å². The smallest absolute Gasteiger partial charge is 0.123 e. The van der Waals surface area contributed by atoms with Gasteiger partial charge < -0.3 is 5.32 Å². The number of hydrogen-bond donors (Lipinski definition) is 1. The van der Waals surface area contributed by atoms with E-state index in [0.717, 1.165) is 19.0 Å². The quantitative estimate of drug-likeness (QED) is 0.825. The standard InChI is InChI=1S/C19H30FN/c1-5-21-13-15-6-9-16(19(2,3)4)12-18(15)14-7-10-17(20)11-8-14/h7-8,10-11,15-16,18,21H,5-6,9,12-13H2,1-4H3. The maximum atomic E-state index is 13.2. The molecular formula is C19H30FN. The van der Waals surface area contributed by atoms with Crippen molar-refractivity contribution in [3.05, 3.63) is 35.6 Å². The van der Waals surface area contributed by atoms with Crippen molar-refractivity contribution >= 4 is 0 Å². The van der Waals surface area contributed by atoms with Crippen LogP contribution in [0, 0.1) is 23.1 Å². The molecule has 0 heterocycles. The van der Waals surface area contributed by atoms with E-state index in [1.165, 1.54) is 24.8 Å². The molecular weight excluding hydrogens is 261 g/mol. The van der Waals surface area contributed by atoms with Gasteiger partial charge in [0, 0.05) is 0 Å². The molecule has 1 saturated carbocycles. The third kappa shape index (κ3) is 4.29. The average molecular weight is 291 g/mol. The topological polar surface area (TPSA) is 12.0 Å². The predicted octanol–water partition coefficient (Wildman–Crippen LogP) is 4.98. The lowest BCUT2D eigenvalue weighted by Gasteiger charge is -2.42. The van der Waals surface area contributed by atoms with Crippen LogP contribution in [0.15, 0.2) is 24.3 Å². The monoisotopic (exact) mass is 291 g/mol. The number of halogens is 1. The molecule has 1 aromatic rings. The minimum atomic E-state index is -0.134. The summed E-state index contributed by atoms with van der Waals surface area (Å²) in [7, 11) is 0. The molecule has 1 fully saturated rings. The van der Waals surface area contributed by atoms with Crippen molar-refractivity contribution in [3.8, 4) is 0 Å². The molecule has 2 rings (SSSR count). The average Bonchev–Trinajstić information content (AvgIpc) is 2.45. The van der Waals surface area contributed by atoms with Gasteiger partial charge in [0.1, 0.15) is 5.82 Å². The van der Waals surface area contributed by atoms with Crippen LogP contribution in [0.4, 0.5) is 4.39 Å².